The van der Waals surface area contributed by atoms with Crippen LogP contribution in [-0.2, 0) is 0 Å². The molecule has 0 fully saturated rings. The Morgan fingerprint density at radius 2 is 2.00 bits per heavy atom. The van der Waals surface area contributed by atoms with Crippen LogP contribution in [0.15, 0.2) is 80.9 Å². The SMILES string of the molecule is Cc1ccc(-c2nn(-c3ccccc3)cc2/C=N\NC(=O)c2cc(Br)ccc2O)o1. The summed E-state index contributed by atoms with van der Waals surface area (Å²) in [4.78, 5) is 12.3. The predicted molar refractivity (Wildman–Crippen MR) is 117 cm³/mol. The third kappa shape index (κ3) is 4.18. The fourth-order valence-electron chi connectivity index (χ4n) is 2.86. The molecule has 0 aliphatic rings. The normalized spacial score (nSPS) is 11.1. The summed E-state index contributed by atoms with van der Waals surface area (Å²) in [6.45, 7) is 1.86. The van der Waals surface area contributed by atoms with E-state index in [1.807, 2.05) is 49.4 Å². The highest BCUT2D eigenvalue weighted by molar-refractivity contribution is 9.10. The van der Waals surface area contributed by atoms with Crippen LogP contribution in [0, 0.1) is 6.92 Å². The zero-order chi connectivity index (χ0) is 21.1. The number of nitrogens with zero attached hydrogens (tertiary/aromatic N) is 3. The molecule has 8 heteroatoms. The van der Waals surface area contributed by atoms with Crippen LogP contribution < -0.4 is 5.43 Å². The van der Waals surface area contributed by atoms with E-state index in [0.29, 0.717) is 21.5 Å². The van der Waals surface area contributed by atoms with Gasteiger partial charge >= 0.3 is 0 Å². The Labute approximate surface area is 180 Å². The van der Waals surface area contributed by atoms with E-state index in [0.717, 1.165) is 11.4 Å². The van der Waals surface area contributed by atoms with Crippen LogP contribution in [-0.4, -0.2) is 27.0 Å². The maximum Gasteiger partial charge on any atom is 0.275 e. The Bertz CT molecular complexity index is 1230. The van der Waals surface area contributed by atoms with Crippen molar-refractivity contribution in [2.45, 2.75) is 6.92 Å². The molecule has 4 rings (SSSR count). The zero-order valence-corrected chi connectivity index (χ0v) is 17.5. The number of amides is 1. The molecule has 0 atom stereocenters. The number of phenols is 1. The summed E-state index contributed by atoms with van der Waals surface area (Å²) in [5.74, 6) is 0.700. The van der Waals surface area contributed by atoms with Gasteiger partial charge in [-0.3, -0.25) is 4.79 Å². The van der Waals surface area contributed by atoms with Crippen LogP contribution in [0.1, 0.15) is 21.7 Å². The van der Waals surface area contributed by atoms with Gasteiger partial charge in [-0.1, -0.05) is 34.1 Å². The molecule has 0 saturated carbocycles. The van der Waals surface area contributed by atoms with E-state index in [9.17, 15) is 9.90 Å². The lowest BCUT2D eigenvalue weighted by Crippen LogP contribution is -2.17. The minimum atomic E-state index is -0.532. The Balaban J connectivity index is 1.63. The Morgan fingerprint density at radius 1 is 1.20 bits per heavy atom. The fourth-order valence-corrected chi connectivity index (χ4v) is 3.22. The number of hydrogen-bond acceptors (Lipinski definition) is 5. The first-order valence-corrected chi connectivity index (χ1v) is 9.84. The highest BCUT2D eigenvalue weighted by atomic mass is 79.9. The van der Waals surface area contributed by atoms with Gasteiger partial charge < -0.3 is 9.52 Å². The third-order valence-electron chi connectivity index (χ3n) is 4.31. The summed E-state index contributed by atoms with van der Waals surface area (Å²) < 4.78 is 8.12. The van der Waals surface area contributed by atoms with Gasteiger partial charge in [-0.25, -0.2) is 10.1 Å². The molecule has 2 heterocycles. The van der Waals surface area contributed by atoms with Gasteiger partial charge in [-0.05, 0) is 49.4 Å². The van der Waals surface area contributed by atoms with Crippen molar-refractivity contribution in [2.24, 2.45) is 5.10 Å². The molecule has 0 aliphatic carbocycles. The quantitative estimate of drug-likeness (QED) is 0.331. The summed E-state index contributed by atoms with van der Waals surface area (Å²) in [5.41, 5.74) is 4.68. The highest BCUT2D eigenvalue weighted by Gasteiger charge is 2.15. The van der Waals surface area contributed by atoms with E-state index >= 15 is 0 Å². The molecule has 0 aliphatic heterocycles. The molecule has 0 saturated heterocycles. The van der Waals surface area contributed by atoms with Gasteiger partial charge in [-0.15, -0.1) is 0 Å². The van der Waals surface area contributed by atoms with E-state index in [1.54, 1.807) is 16.9 Å². The van der Waals surface area contributed by atoms with Crippen molar-refractivity contribution in [3.8, 4) is 22.9 Å². The predicted octanol–water partition coefficient (Wildman–Crippen LogP) is 4.67. The summed E-state index contributed by atoms with van der Waals surface area (Å²) >= 11 is 3.28. The Morgan fingerprint density at radius 3 is 2.73 bits per heavy atom. The maximum absolute atomic E-state index is 12.3. The third-order valence-corrected chi connectivity index (χ3v) is 4.80. The molecule has 2 aromatic carbocycles. The van der Waals surface area contributed by atoms with Crippen LogP contribution in [0.4, 0.5) is 0 Å². The standard InChI is InChI=1S/C22H17BrN4O3/c1-14-7-10-20(30-14)21-15(13-27(26-21)17-5-3-2-4-6-17)12-24-25-22(29)18-11-16(23)8-9-19(18)28/h2-13,28H,1H3,(H,25,29)/b24-12-. The van der Waals surface area contributed by atoms with Crippen LogP contribution >= 0.6 is 15.9 Å². The molecule has 7 nitrogen and oxygen atoms in total. The number of carbonyl (C=O) groups excluding carboxylic acids is 1. The van der Waals surface area contributed by atoms with Crippen molar-refractivity contribution in [1.82, 2.24) is 15.2 Å². The van der Waals surface area contributed by atoms with Crippen molar-refractivity contribution in [3.05, 3.63) is 88.2 Å². The number of aryl methyl sites for hydroxylation is 1. The number of rotatable bonds is 5. The van der Waals surface area contributed by atoms with Gasteiger partial charge in [0.25, 0.3) is 5.91 Å². The van der Waals surface area contributed by atoms with Crippen molar-refractivity contribution in [2.75, 3.05) is 0 Å². The summed E-state index contributed by atoms with van der Waals surface area (Å²) in [7, 11) is 0. The van der Waals surface area contributed by atoms with Gasteiger partial charge in [0, 0.05) is 16.2 Å². The second-order valence-corrected chi connectivity index (χ2v) is 7.40. The summed E-state index contributed by atoms with van der Waals surface area (Å²) in [6, 6.07) is 17.9. The molecule has 0 bridgehead atoms. The maximum atomic E-state index is 12.3. The van der Waals surface area contributed by atoms with Gasteiger partial charge in [0.15, 0.2) is 5.76 Å². The first-order chi connectivity index (χ1) is 14.5. The Hall–Kier alpha value is -3.65. The minimum absolute atomic E-state index is 0.114. The number of aromatic nitrogens is 2. The van der Waals surface area contributed by atoms with E-state index in [-0.39, 0.29) is 11.3 Å². The van der Waals surface area contributed by atoms with Gasteiger partial charge in [-0.2, -0.15) is 10.2 Å². The van der Waals surface area contributed by atoms with Crippen LogP contribution in [0.25, 0.3) is 17.1 Å². The Kier molecular flexibility index (Phi) is 5.49. The monoisotopic (exact) mass is 464 g/mol. The molecule has 30 heavy (non-hydrogen) atoms. The smallest absolute Gasteiger partial charge is 0.275 e. The molecular formula is C22H17BrN4O3. The number of furan rings is 1. The average molecular weight is 465 g/mol. The van der Waals surface area contributed by atoms with Gasteiger partial charge in [0.2, 0.25) is 0 Å². The minimum Gasteiger partial charge on any atom is -0.507 e. The lowest BCUT2D eigenvalue weighted by molar-refractivity contribution is 0.0952. The zero-order valence-electron chi connectivity index (χ0n) is 15.9. The second kappa shape index (κ2) is 8.38. The van der Waals surface area contributed by atoms with Crippen LogP contribution in [0.2, 0.25) is 0 Å². The fraction of sp³-hybridized carbons (Fsp3) is 0.0455. The number of benzene rings is 2. The van der Waals surface area contributed by atoms with Crippen LogP contribution in [0.3, 0.4) is 0 Å². The molecule has 0 radical (unpaired) electrons. The number of hydrazone groups is 1. The summed E-state index contributed by atoms with van der Waals surface area (Å²) in [5, 5.41) is 18.5. The lowest BCUT2D eigenvalue weighted by Gasteiger charge is -2.03. The molecule has 2 N–H and O–H groups in total. The van der Waals surface area contributed by atoms with Crippen molar-refractivity contribution in [3.63, 3.8) is 0 Å². The molecule has 1 amide bonds. The molecular weight excluding hydrogens is 448 g/mol. The van der Waals surface area contributed by atoms with E-state index in [1.165, 1.54) is 18.3 Å². The molecule has 2 aromatic heterocycles. The van der Waals surface area contributed by atoms with Crippen molar-refractivity contribution in [1.29, 1.82) is 0 Å². The van der Waals surface area contributed by atoms with E-state index in [4.69, 9.17) is 4.42 Å². The number of halogens is 1. The van der Waals surface area contributed by atoms with Crippen molar-refractivity contribution >= 4 is 28.1 Å². The number of aromatic hydroxyl groups is 1. The molecule has 0 unspecified atom stereocenters. The highest BCUT2D eigenvalue weighted by Crippen LogP contribution is 2.25. The topological polar surface area (TPSA) is 92.7 Å². The first-order valence-electron chi connectivity index (χ1n) is 9.05. The van der Waals surface area contributed by atoms with Gasteiger partial charge in [0.1, 0.15) is 17.2 Å². The van der Waals surface area contributed by atoms with Crippen LogP contribution in [0.5, 0.6) is 5.75 Å². The lowest BCUT2D eigenvalue weighted by atomic mass is 10.2. The number of nitrogens with one attached hydrogen (secondary N) is 1. The molecule has 0 spiro atoms. The second-order valence-electron chi connectivity index (χ2n) is 6.48. The van der Waals surface area contributed by atoms with Crippen molar-refractivity contribution < 1.29 is 14.3 Å². The van der Waals surface area contributed by atoms with Gasteiger partial charge in [0.05, 0.1) is 17.5 Å². The average Bonchev–Trinajstić information content (AvgIpc) is 3.36. The largest absolute Gasteiger partial charge is 0.507 e. The van der Waals surface area contributed by atoms with E-state index < -0.39 is 5.91 Å². The number of carbonyl (C=O) groups is 1. The number of phenolic OH excluding ortho intramolecular Hbond substituents is 1. The number of hydrogen-bond donors (Lipinski definition) is 2. The number of para-hydroxylation sites is 1. The summed E-state index contributed by atoms with van der Waals surface area (Å²) in [6.07, 6.45) is 3.29. The molecule has 150 valence electrons. The molecule has 4 aromatic rings. The van der Waals surface area contributed by atoms with E-state index in [2.05, 4.69) is 31.6 Å². The first kappa shape index (κ1) is 19.7.